The number of rotatable bonds is 9. The van der Waals surface area contributed by atoms with E-state index in [0.717, 1.165) is 30.8 Å². The van der Waals surface area contributed by atoms with Gasteiger partial charge in [-0.15, -0.1) is 11.8 Å². The van der Waals surface area contributed by atoms with E-state index in [1.165, 1.54) is 11.8 Å². The molecule has 8 heteroatoms. The van der Waals surface area contributed by atoms with Gasteiger partial charge in [-0.2, -0.15) is 0 Å². The Morgan fingerprint density at radius 3 is 2.79 bits per heavy atom. The van der Waals surface area contributed by atoms with Crippen molar-refractivity contribution in [2.75, 3.05) is 58.1 Å². The molecule has 2 amide bonds. The predicted molar refractivity (Wildman–Crippen MR) is 112 cm³/mol. The number of carbonyl (C=O) groups excluding carboxylic acids is 2. The maximum absolute atomic E-state index is 12.9. The minimum Gasteiger partial charge on any atom is -0.497 e. The lowest BCUT2D eigenvalue weighted by Crippen LogP contribution is -2.42. The van der Waals surface area contributed by atoms with E-state index in [-0.39, 0.29) is 23.7 Å². The van der Waals surface area contributed by atoms with Crippen LogP contribution in [-0.2, 0) is 25.6 Å². The molecule has 0 saturated carbocycles. The van der Waals surface area contributed by atoms with E-state index in [9.17, 15) is 9.59 Å². The summed E-state index contributed by atoms with van der Waals surface area (Å²) in [7, 11) is 1.64. The SMILES string of the molecule is COc1cccc(CN(CC2CCCO2)C(=O)CSCC(=O)N2CCOCC2)c1. The summed E-state index contributed by atoms with van der Waals surface area (Å²) in [6, 6.07) is 7.76. The summed E-state index contributed by atoms with van der Waals surface area (Å²) in [6.45, 7) is 4.29. The molecular weight excluding hydrogens is 392 g/mol. The molecule has 0 aromatic heterocycles. The van der Waals surface area contributed by atoms with Crippen molar-refractivity contribution in [1.82, 2.24) is 9.80 Å². The van der Waals surface area contributed by atoms with Gasteiger partial charge in [-0.05, 0) is 30.5 Å². The van der Waals surface area contributed by atoms with Crippen molar-refractivity contribution in [3.8, 4) is 5.75 Å². The number of thioether (sulfide) groups is 1. The Morgan fingerprint density at radius 1 is 1.24 bits per heavy atom. The normalized spacial score (nSPS) is 19.2. The number of nitrogens with zero attached hydrogens (tertiary/aromatic N) is 2. The average molecular weight is 423 g/mol. The van der Waals surface area contributed by atoms with Crippen LogP contribution in [0, 0.1) is 0 Å². The Labute approximate surface area is 176 Å². The van der Waals surface area contributed by atoms with Crippen LogP contribution in [0.5, 0.6) is 5.75 Å². The van der Waals surface area contributed by atoms with Gasteiger partial charge >= 0.3 is 0 Å². The number of hydrogen-bond acceptors (Lipinski definition) is 6. The van der Waals surface area contributed by atoms with Gasteiger partial charge in [0.05, 0.1) is 37.9 Å². The molecule has 2 aliphatic rings. The fraction of sp³-hybridized carbons (Fsp3) is 0.619. The molecule has 2 saturated heterocycles. The highest BCUT2D eigenvalue weighted by Gasteiger charge is 2.24. The van der Waals surface area contributed by atoms with Crippen LogP contribution in [-0.4, -0.2) is 85.8 Å². The van der Waals surface area contributed by atoms with Gasteiger partial charge in [-0.25, -0.2) is 0 Å². The molecule has 0 N–H and O–H groups in total. The minimum absolute atomic E-state index is 0.0306. The van der Waals surface area contributed by atoms with Gasteiger partial charge in [0.25, 0.3) is 0 Å². The highest BCUT2D eigenvalue weighted by molar-refractivity contribution is 8.00. The van der Waals surface area contributed by atoms with E-state index in [1.807, 2.05) is 29.2 Å². The highest BCUT2D eigenvalue weighted by atomic mass is 32.2. The van der Waals surface area contributed by atoms with E-state index < -0.39 is 0 Å². The van der Waals surface area contributed by atoms with Crippen LogP contribution >= 0.6 is 11.8 Å². The summed E-state index contributed by atoms with van der Waals surface area (Å²) in [4.78, 5) is 28.9. The second-order valence-corrected chi connectivity index (χ2v) is 8.23. The Morgan fingerprint density at radius 2 is 2.07 bits per heavy atom. The summed E-state index contributed by atoms with van der Waals surface area (Å²) < 4.78 is 16.3. The predicted octanol–water partition coefficient (Wildman–Crippen LogP) is 1.79. The maximum atomic E-state index is 12.9. The molecule has 7 nitrogen and oxygen atoms in total. The molecule has 160 valence electrons. The molecule has 1 aromatic rings. The molecule has 2 fully saturated rings. The molecule has 0 aliphatic carbocycles. The first-order chi connectivity index (χ1) is 14.2. The number of morpholine rings is 1. The number of hydrogen-bond donors (Lipinski definition) is 0. The number of amides is 2. The van der Waals surface area contributed by atoms with Crippen LogP contribution < -0.4 is 4.74 Å². The first-order valence-electron chi connectivity index (χ1n) is 10.1. The smallest absolute Gasteiger partial charge is 0.232 e. The second kappa shape index (κ2) is 11.4. The molecule has 1 aromatic carbocycles. The third-order valence-corrected chi connectivity index (χ3v) is 6.03. The zero-order chi connectivity index (χ0) is 20.5. The van der Waals surface area contributed by atoms with Gasteiger partial charge < -0.3 is 24.0 Å². The molecule has 2 heterocycles. The third kappa shape index (κ3) is 6.90. The molecule has 0 bridgehead atoms. The monoisotopic (exact) mass is 422 g/mol. The second-order valence-electron chi connectivity index (χ2n) is 7.25. The molecule has 1 atom stereocenters. The third-order valence-electron chi connectivity index (χ3n) is 5.12. The van der Waals surface area contributed by atoms with Gasteiger partial charge in [-0.1, -0.05) is 12.1 Å². The Balaban J connectivity index is 1.53. The van der Waals surface area contributed by atoms with E-state index in [0.29, 0.717) is 45.1 Å². The zero-order valence-corrected chi connectivity index (χ0v) is 17.8. The first-order valence-corrected chi connectivity index (χ1v) is 11.3. The Hall–Kier alpha value is -1.77. The van der Waals surface area contributed by atoms with Crippen LogP contribution in [0.1, 0.15) is 18.4 Å². The van der Waals surface area contributed by atoms with Crippen molar-refractivity contribution >= 4 is 23.6 Å². The minimum atomic E-state index is 0.0306. The fourth-order valence-electron chi connectivity index (χ4n) is 3.50. The average Bonchev–Trinajstić information content (AvgIpc) is 3.27. The van der Waals surface area contributed by atoms with Gasteiger partial charge in [0, 0.05) is 32.8 Å². The van der Waals surface area contributed by atoms with E-state index in [4.69, 9.17) is 14.2 Å². The van der Waals surface area contributed by atoms with Crippen LogP contribution in [0.25, 0.3) is 0 Å². The van der Waals surface area contributed by atoms with Crippen LogP contribution in [0.15, 0.2) is 24.3 Å². The Bertz CT molecular complexity index is 675. The maximum Gasteiger partial charge on any atom is 0.232 e. The van der Waals surface area contributed by atoms with E-state index in [2.05, 4.69) is 0 Å². The number of methoxy groups -OCH3 is 1. The zero-order valence-electron chi connectivity index (χ0n) is 17.0. The summed E-state index contributed by atoms with van der Waals surface area (Å²) in [6.07, 6.45) is 2.10. The molecule has 2 aliphatic heterocycles. The van der Waals surface area contributed by atoms with E-state index in [1.54, 1.807) is 12.0 Å². The van der Waals surface area contributed by atoms with Crippen molar-refractivity contribution in [2.45, 2.75) is 25.5 Å². The van der Waals surface area contributed by atoms with Crippen molar-refractivity contribution in [3.05, 3.63) is 29.8 Å². The lowest BCUT2D eigenvalue weighted by atomic mass is 10.1. The van der Waals surface area contributed by atoms with E-state index >= 15 is 0 Å². The number of carbonyl (C=O) groups is 2. The van der Waals surface area contributed by atoms with Crippen molar-refractivity contribution < 1.29 is 23.8 Å². The summed E-state index contributed by atoms with van der Waals surface area (Å²) in [5.41, 5.74) is 1.02. The summed E-state index contributed by atoms with van der Waals surface area (Å²) in [5.74, 6) is 1.48. The molecule has 3 rings (SSSR count). The lowest BCUT2D eigenvalue weighted by Gasteiger charge is -2.27. The topological polar surface area (TPSA) is 68.3 Å². The number of ether oxygens (including phenoxy) is 3. The first kappa shape index (κ1) is 21.9. The summed E-state index contributed by atoms with van der Waals surface area (Å²) in [5, 5.41) is 0. The molecule has 29 heavy (non-hydrogen) atoms. The number of benzene rings is 1. The standard InChI is InChI=1S/C21H30N2O5S/c1-26-18-5-2-4-17(12-18)13-23(14-19-6-3-9-28-19)21(25)16-29-15-20(24)22-7-10-27-11-8-22/h2,4-5,12,19H,3,6-11,13-16H2,1H3. The molecular formula is C21H30N2O5S. The van der Waals surface area contributed by atoms with Crippen molar-refractivity contribution in [3.63, 3.8) is 0 Å². The summed E-state index contributed by atoms with van der Waals surface area (Å²) >= 11 is 1.38. The van der Waals surface area contributed by atoms with Crippen molar-refractivity contribution in [1.29, 1.82) is 0 Å². The molecule has 1 unspecified atom stereocenters. The van der Waals surface area contributed by atoms with Gasteiger partial charge in [0.2, 0.25) is 11.8 Å². The molecule has 0 spiro atoms. The fourth-order valence-corrected chi connectivity index (χ4v) is 4.32. The van der Waals surface area contributed by atoms with Gasteiger partial charge in [0.1, 0.15) is 5.75 Å². The quantitative estimate of drug-likeness (QED) is 0.605. The van der Waals surface area contributed by atoms with Crippen LogP contribution in [0.3, 0.4) is 0 Å². The van der Waals surface area contributed by atoms with Gasteiger partial charge in [0.15, 0.2) is 0 Å². The lowest BCUT2D eigenvalue weighted by molar-refractivity contribution is -0.132. The molecule has 0 radical (unpaired) electrons. The Kier molecular flexibility index (Phi) is 8.64. The van der Waals surface area contributed by atoms with Crippen molar-refractivity contribution in [2.24, 2.45) is 0 Å². The van der Waals surface area contributed by atoms with Crippen LogP contribution in [0.4, 0.5) is 0 Å². The highest BCUT2D eigenvalue weighted by Crippen LogP contribution is 2.19. The van der Waals surface area contributed by atoms with Gasteiger partial charge in [-0.3, -0.25) is 9.59 Å². The largest absolute Gasteiger partial charge is 0.497 e. The van der Waals surface area contributed by atoms with Crippen LogP contribution in [0.2, 0.25) is 0 Å².